The van der Waals surface area contributed by atoms with Gasteiger partial charge >= 0.3 is 5.97 Å². The monoisotopic (exact) mass is 287 g/mol. The van der Waals surface area contributed by atoms with E-state index in [4.69, 9.17) is 9.52 Å². The first kappa shape index (κ1) is 15.3. The largest absolute Gasteiger partial charge is 0.475 e. The van der Waals surface area contributed by atoms with Gasteiger partial charge < -0.3 is 14.8 Å². The van der Waals surface area contributed by atoms with Crippen molar-refractivity contribution in [1.29, 1.82) is 0 Å². The number of carbonyl (C=O) groups is 1. The van der Waals surface area contributed by atoms with E-state index in [1.165, 1.54) is 11.6 Å². The minimum Gasteiger partial charge on any atom is -0.475 e. The van der Waals surface area contributed by atoms with Gasteiger partial charge in [-0.25, -0.2) is 4.79 Å². The molecule has 0 bridgehead atoms. The summed E-state index contributed by atoms with van der Waals surface area (Å²) in [5.74, 6) is -0.403. The molecule has 0 aliphatic carbocycles. The van der Waals surface area contributed by atoms with Gasteiger partial charge in [0.2, 0.25) is 5.76 Å². The van der Waals surface area contributed by atoms with Crippen LogP contribution in [0.15, 0.2) is 46.9 Å². The van der Waals surface area contributed by atoms with Crippen LogP contribution < -0.4 is 5.32 Å². The van der Waals surface area contributed by atoms with E-state index in [2.05, 4.69) is 24.4 Å². The first-order valence-corrected chi connectivity index (χ1v) is 7.19. The molecule has 112 valence electrons. The van der Waals surface area contributed by atoms with Crippen molar-refractivity contribution in [3.8, 4) is 0 Å². The number of nitrogens with one attached hydrogen (secondary N) is 1. The van der Waals surface area contributed by atoms with Gasteiger partial charge in [0.25, 0.3) is 0 Å². The fourth-order valence-electron chi connectivity index (χ4n) is 2.32. The zero-order chi connectivity index (χ0) is 15.2. The molecule has 2 rings (SSSR count). The normalized spacial score (nSPS) is 13.8. The molecule has 0 saturated carbocycles. The first-order valence-electron chi connectivity index (χ1n) is 7.19. The topological polar surface area (TPSA) is 62.5 Å². The number of hydrogen-bond acceptors (Lipinski definition) is 3. The second-order valence-electron chi connectivity index (χ2n) is 5.32. The Morgan fingerprint density at radius 1 is 1.19 bits per heavy atom. The summed E-state index contributed by atoms with van der Waals surface area (Å²) in [7, 11) is 0. The minimum absolute atomic E-state index is 0.0103. The Morgan fingerprint density at radius 2 is 1.90 bits per heavy atom. The Balaban J connectivity index is 1.83. The average Bonchev–Trinajstić information content (AvgIpc) is 2.96. The maximum Gasteiger partial charge on any atom is 0.371 e. The van der Waals surface area contributed by atoms with Crippen molar-refractivity contribution in [3.63, 3.8) is 0 Å². The lowest BCUT2D eigenvalue weighted by Gasteiger charge is -2.18. The van der Waals surface area contributed by atoms with Crippen LogP contribution in [-0.4, -0.2) is 17.1 Å². The van der Waals surface area contributed by atoms with Gasteiger partial charge in [-0.2, -0.15) is 0 Å². The van der Waals surface area contributed by atoms with Crippen molar-refractivity contribution < 1.29 is 14.3 Å². The van der Waals surface area contributed by atoms with Gasteiger partial charge in [-0.05, 0) is 44.4 Å². The van der Waals surface area contributed by atoms with E-state index in [1.54, 1.807) is 6.07 Å². The second-order valence-corrected chi connectivity index (χ2v) is 5.32. The Morgan fingerprint density at radius 3 is 2.52 bits per heavy atom. The van der Waals surface area contributed by atoms with Gasteiger partial charge in [-0.3, -0.25) is 0 Å². The summed E-state index contributed by atoms with van der Waals surface area (Å²) in [5, 5.41) is 12.3. The number of carboxylic acids is 1. The highest BCUT2D eigenvalue weighted by molar-refractivity contribution is 5.84. The highest BCUT2D eigenvalue weighted by Gasteiger charge is 2.15. The average molecular weight is 287 g/mol. The van der Waals surface area contributed by atoms with E-state index >= 15 is 0 Å². The van der Waals surface area contributed by atoms with Crippen LogP contribution in [0.5, 0.6) is 0 Å². The maximum atomic E-state index is 10.8. The zero-order valence-corrected chi connectivity index (χ0v) is 12.4. The quantitative estimate of drug-likeness (QED) is 0.816. The van der Waals surface area contributed by atoms with Crippen LogP contribution in [0.4, 0.5) is 0 Å². The Hall–Kier alpha value is -2.07. The third-order valence-electron chi connectivity index (χ3n) is 3.51. The van der Waals surface area contributed by atoms with Gasteiger partial charge in [0.1, 0.15) is 5.76 Å². The standard InChI is InChI=1S/C17H21NO3/c1-12(8-9-14-6-4-3-5-7-14)18-13(2)15-10-11-16(21-15)17(19)20/h3-7,10-13,18H,8-9H2,1-2H3,(H,19,20). The molecule has 0 saturated heterocycles. The van der Waals surface area contributed by atoms with Gasteiger partial charge in [-0.15, -0.1) is 0 Å². The highest BCUT2D eigenvalue weighted by Crippen LogP contribution is 2.17. The van der Waals surface area contributed by atoms with Crippen LogP contribution in [0.1, 0.15) is 48.2 Å². The van der Waals surface area contributed by atoms with Crippen LogP contribution in [0, 0.1) is 0 Å². The molecular formula is C17H21NO3. The summed E-state index contributed by atoms with van der Waals surface area (Å²) >= 11 is 0. The molecule has 0 amide bonds. The molecule has 2 unspecified atom stereocenters. The van der Waals surface area contributed by atoms with Crippen LogP contribution >= 0.6 is 0 Å². The van der Waals surface area contributed by atoms with Crippen molar-refractivity contribution in [2.75, 3.05) is 0 Å². The highest BCUT2D eigenvalue weighted by atomic mass is 16.4. The molecule has 4 heteroatoms. The minimum atomic E-state index is -1.04. The summed E-state index contributed by atoms with van der Waals surface area (Å²) in [6.07, 6.45) is 2.03. The van der Waals surface area contributed by atoms with Gasteiger partial charge in [0, 0.05) is 6.04 Å². The summed E-state index contributed by atoms with van der Waals surface area (Å²) in [6.45, 7) is 4.10. The number of hydrogen-bond donors (Lipinski definition) is 2. The summed E-state index contributed by atoms with van der Waals surface area (Å²) in [5.41, 5.74) is 1.32. The number of carboxylic acid groups (broad SMARTS) is 1. The second kappa shape index (κ2) is 7.09. The van der Waals surface area contributed by atoms with E-state index in [9.17, 15) is 4.79 Å². The van der Waals surface area contributed by atoms with Crippen molar-refractivity contribution in [2.24, 2.45) is 0 Å². The lowest BCUT2D eigenvalue weighted by atomic mass is 10.1. The molecule has 1 heterocycles. The zero-order valence-electron chi connectivity index (χ0n) is 12.4. The molecule has 2 N–H and O–H groups in total. The number of furan rings is 1. The number of benzene rings is 1. The van der Waals surface area contributed by atoms with Crippen LogP contribution in [0.3, 0.4) is 0 Å². The van der Waals surface area contributed by atoms with E-state index in [-0.39, 0.29) is 11.8 Å². The molecule has 2 aromatic rings. The molecule has 1 aromatic heterocycles. The van der Waals surface area contributed by atoms with Crippen molar-refractivity contribution in [2.45, 2.75) is 38.8 Å². The molecular weight excluding hydrogens is 266 g/mol. The molecule has 1 aromatic carbocycles. The summed E-state index contributed by atoms with van der Waals surface area (Å²) < 4.78 is 5.31. The van der Waals surface area contributed by atoms with E-state index < -0.39 is 5.97 Å². The van der Waals surface area contributed by atoms with Crippen molar-refractivity contribution >= 4 is 5.97 Å². The van der Waals surface area contributed by atoms with Crippen molar-refractivity contribution in [1.82, 2.24) is 5.32 Å². The van der Waals surface area contributed by atoms with Crippen LogP contribution in [0.2, 0.25) is 0 Å². The van der Waals surface area contributed by atoms with E-state index in [1.807, 2.05) is 25.1 Å². The van der Waals surface area contributed by atoms with Crippen LogP contribution in [-0.2, 0) is 6.42 Å². The fourth-order valence-corrected chi connectivity index (χ4v) is 2.32. The maximum absolute atomic E-state index is 10.8. The van der Waals surface area contributed by atoms with Crippen molar-refractivity contribution in [3.05, 3.63) is 59.5 Å². The molecule has 0 spiro atoms. The predicted molar refractivity (Wildman–Crippen MR) is 81.4 cm³/mol. The Labute approximate surface area is 124 Å². The summed E-state index contributed by atoms with van der Waals surface area (Å²) in [4.78, 5) is 10.8. The third-order valence-corrected chi connectivity index (χ3v) is 3.51. The summed E-state index contributed by atoms with van der Waals surface area (Å²) in [6, 6.07) is 13.9. The molecule has 0 radical (unpaired) electrons. The fraction of sp³-hybridized carbons (Fsp3) is 0.353. The lowest BCUT2D eigenvalue weighted by molar-refractivity contribution is 0.0659. The SMILES string of the molecule is CC(CCc1ccccc1)NC(C)c1ccc(C(=O)O)o1. The number of rotatable bonds is 7. The molecule has 21 heavy (non-hydrogen) atoms. The van der Waals surface area contributed by atoms with E-state index in [0.717, 1.165) is 12.8 Å². The molecule has 0 aliphatic heterocycles. The third kappa shape index (κ3) is 4.46. The number of aryl methyl sites for hydroxylation is 1. The molecule has 4 nitrogen and oxygen atoms in total. The predicted octanol–water partition coefficient (Wildman–Crippen LogP) is 3.65. The smallest absolute Gasteiger partial charge is 0.371 e. The van der Waals surface area contributed by atoms with Gasteiger partial charge in [0.05, 0.1) is 6.04 Å². The number of aromatic carboxylic acids is 1. The lowest BCUT2D eigenvalue weighted by Crippen LogP contribution is -2.29. The Kier molecular flexibility index (Phi) is 5.17. The molecule has 0 fully saturated rings. The molecule has 0 aliphatic rings. The van der Waals surface area contributed by atoms with Gasteiger partial charge in [0.15, 0.2) is 0 Å². The first-order chi connectivity index (χ1) is 10.1. The Bertz CT molecular complexity index is 577. The molecule has 2 atom stereocenters. The van der Waals surface area contributed by atoms with Crippen LogP contribution in [0.25, 0.3) is 0 Å². The van der Waals surface area contributed by atoms with E-state index in [0.29, 0.717) is 11.8 Å². The van der Waals surface area contributed by atoms with Gasteiger partial charge in [-0.1, -0.05) is 30.3 Å².